The number of carbonyl (C=O) groups excluding carboxylic acids is 4. The molecule has 0 atom stereocenters. The number of carbonyl (C=O) groups is 4. The maximum absolute atomic E-state index is 12.9. The summed E-state index contributed by atoms with van der Waals surface area (Å²) in [5.74, 6) is -2.67. The van der Waals surface area contributed by atoms with Crippen LogP contribution in [0.3, 0.4) is 0 Å². The van der Waals surface area contributed by atoms with Crippen LogP contribution in [0.25, 0.3) is 0 Å². The lowest BCUT2D eigenvalue weighted by molar-refractivity contribution is -0.154. The van der Waals surface area contributed by atoms with Gasteiger partial charge in [0.25, 0.3) is 0 Å². The average molecular weight is 452 g/mol. The van der Waals surface area contributed by atoms with Gasteiger partial charge in [-0.1, -0.05) is 11.6 Å². The molecule has 29 heavy (non-hydrogen) atoms. The first kappa shape index (κ1) is 19.7. The zero-order valence-electron chi connectivity index (χ0n) is 14.7. The lowest BCUT2D eigenvalue weighted by Crippen LogP contribution is -2.75. The molecule has 0 saturated carbocycles. The minimum atomic E-state index is -1.71. The van der Waals surface area contributed by atoms with E-state index in [4.69, 9.17) is 36.0 Å². The third-order valence-electron chi connectivity index (χ3n) is 5.36. The Kier molecular flexibility index (Phi) is 4.56. The Morgan fingerprint density at radius 2 is 1.14 bits per heavy atom. The lowest BCUT2D eigenvalue weighted by atomic mass is 9.64. The van der Waals surface area contributed by atoms with E-state index in [1.807, 2.05) is 0 Å². The molecule has 0 aromatic heterocycles. The van der Waals surface area contributed by atoms with Crippen molar-refractivity contribution in [3.63, 3.8) is 0 Å². The van der Waals surface area contributed by atoms with Gasteiger partial charge >= 0.3 is 0 Å². The van der Waals surface area contributed by atoms with Crippen molar-refractivity contribution >= 4 is 75.6 Å². The zero-order chi connectivity index (χ0) is 21.0. The number of nitrogens with zero attached hydrogens (tertiary/aromatic N) is 1. The van der Waals surface area contributed by atoms with Crippen LogP contribution in [-0.4, -0.2) is 46.9 Å². The average Bonchev–Trinajstić information content (AvgIpc) is 2.65. The second-order valence-corrected chi connectivity index (χ2v) is 8.40. The van der Waals surface area contributed by atoms with Crippen molar-refractivity contribution in [2.45, 2.75) is 6.42 Å². The number of anilines is 1. The van der Waals surface area contributed by atoms with E-state index in [-0.39, 0.29) is 29.7 Å². The van der Waals surface area contributed by atoms with Gasteiger partial charge in [0, 0.05) is 23.8 Å². The van der Waals surface area contributed by atoms with Gasteiger partial charge in [0.05, 0.1) is 0 Å². The first-order valence-electron chi connectivity index (χ1n) is 8.51. The number of hydrogen-bond acceptors (Lipinski definition) is 7. The fourth-order valence-corrected chi connectivity index (χ4v) is 4.43. The summed E-state index contributed by atoms with van der Waals surface area (Å²) in [5.41, 5.74) is -2.84. The largest absolute Gasteiger partial charge is 0.368 e. The molecule has 0 bridgehead atoms. The van der Waals surface area contributed by atoms with Crippen molar-refractivity contribution in [3.8, 4) is 0 Å². The SMILES string of the molecule is O=C1NC(=S)NC(=O)C12CN(c1ccc(Cl)cc1)CC1(C2)C(=O)NC(=S)NC1=O. The summed E-state index contributed by atoms with van der Waals surface area (Å²) in [6, 6.07) is 6.64. The Bertz CT molecular complexity index is 900. The number of thiocarbonyl (C=S) groups is 2. The van der Waals surface area contributed by atoms with Crippen LogP contribution >= 0.6 is 36.0 Å². The number of benzene rings is 1. The van der Waals surface area contributed by atoms with Crippen LogP contribution in [0.2, 0.25) is 5.02 Å². The van der Waals surface area contributed by atoms with Crippen LogP contribution in [0.1, 0.15) is 6.42 Å². The summed E-state index contributed by atoms with van der Waals surface area (Å²) in [6.45, 7) is -0.108. The number of halogens is 1. The first-order valence-corrected chi connectivity index (χ1v) is 9.70. The minimum Gasteiger partial charge on any atom is -0.368 e. The van der Waals surface area contributed by atoms with Gasteiger partial charge in [-0.25, -0.2) is 0 Å². The molecule has 3 aliphatic rings. The quantitative estimate of drug-likeness (QED) is 0.338. The summed E-state index contributed by atoms with van der Waals surface area (Å²) >= 11 is 15.7. The number of piperidine rings is 1. The fraction of sp³-hybridized carbons (Fsp3) is 0.294. The normalized spacial score (nSPS) is 22.9. The standard InChI is InChI=1S/C17H14ClN5O4S2/c18-8-1-3-9(4-2-8)23-6-16(10(24)19-14(28)20-11(16)25)5-17(7-23)12(26)21-15(29)22-13(17)27/h1-4H,5-7H2,(H2,19,20,24,25,28)(H2,21,22,26,27,29). The molecule has 0 aliphatic carbocycles. The Labute approximate surface area is 180 Å². The molecule has 3 aliphatic heterocycles. The summed E-state index contributed by atoms with van der Waals surface area (Å²) in [7, 11) is 0. The van der Waals surface area contributed by atoms with Crippen LogP contribution in [0.4, 0.5) is 5.69 Å². The van der Waals surface area contributed by atoms with E-state index in [1.54, 1.807) is 29.2 Å². The van der Waals surface area contributed by atoms with Gasteiger partial charge in [0.15, 0.2) is 10.2 Å². The Balaban J connectivity index is 1.84. The van der Waals surface area contributed by atoms with Crippen LogP contribution < -0.4 is 26.2 Å². The number of rotatable bonds is 1. The van der Waals surface area contributed by atoms with E-state index in [1.165, 1.54) is 0 Å². The second-order valence-electron chi connectivity index (χ2n) is 7.15. The summed E-state index contributed by atoms with van der Waals surface area (Å²) < 4.78 is 0. The monoisotopic (exact) mass is 451 g/mol. The van der Waals surface area contributed by atoms with E-state index in [2.05, 4.69) is 21.3 Å². The molecule has 2 spiro atoms. The maximum Gasteiger partial charge on any atom is 0.243 e. The topological polar surface area (TPSA) is 120 Å². The molecule has 9 nitrogen and oxygen atoms in total. The molecule has 150 valence electrons. The summed E-state index contributed by atoms with van der Waals surface area (Å²) in [4.78, 5) is 53.4. The predicted molar refractivity (Wildman–Crippen MR) is 111 cm³/mol. The van der Waals surface area contributed by atoms with E-state index in [0.29, 0.717) is 10.7 Å². The number of amides is 4. The molecular formula is C17H14ClN5O4S2. The summed E-state index contributed by atoms with van der Waals surface area (Å²) in [5, 5.41) is 9.99. The molecule has 3 saturated heterocycles. The molecule has 12 heteroatoms. The molecular weight excluding hydrogens is 438 g/mol. The van der Waals surface area contributed by atoms with Gasteiger partial charge in [-0.2, -0.15) is 0 Å². The minimum absolute atomic E-state index is 0.0539. The van der Waals surface area contributed by atoms with Crippen molar-refractivity contribution < 1.29 is 19.2 Å². The van der Waals surface area contributed by atoms with Gasteiger partial charge in [0.2, 0.25) is 23.6 Å². The highest BCUT2D eigenvalue weighted by Crippen LogP contribution is 2.45. The molecule has 0 unspecified atom stereocenters. The summed E-state index contributed by atoms with van der Waals surface area (Å²) in [6.07, 6.45) is -0.329. The molecule has 0 radical (unpaired) electrons. The molecule has 4 amide bonds. The first-order chi connectivity index (χ1) is 13.7. The highest BCUT2D eigenvalue weighted by atomic mass is 35.5. The number of nitrogens with one attached hydrogen (secondary N) is 4. The van der Waals surface area contributed by atoms with E-state index < -0.39 is 34.5 Å². The van der Waals surface area contributed by atoms with Gasteiger partial charge in [-0.15, -0.1) is 0 Å². The third-order valence-corrected chi connectivity index (χ3v) is 6.02. The van der Waals surface area contributed by atoms with Crippen LogP contribution in [0, 0.1) is 10.8 Å². The third kappa shape index (κ3) is 3.05. The van der Waals surface area contributed by atoms with Crippen molar-refractivity contribution in [2.75, 3.05) is 18.0 Å². The van der Waals surface area contributed by atoms with Crippen LogP contribution in [-0.2, 0) is 19.2 Å². The molecule has 3 fully saturated rings. The van der Waals surface area contributed by atoms with Crippen molar-refractivity contribution in [1.82, 2.24) is 21.3 Å². The van der Waals surface area contributed by atoms with Gasteiger partial charge < -0.3 is 26.2 Å². The fourth-order valence-electron chi connectivity index (χ4n) is 3.94. The molecule has 1 aromatic carbocycles. The van der Waals surface area contributed by atoms with Crippen LogP contribution in [0.15, 0.2) is 24.3 Å². The Hall–Kier alpha value is -2.63. The Morgan fingerprint density at radius 1 is 0.759 bits per heavy atom. The highest BCUT2D eigenvalue weighted by molar-refractivity contribution is 7.80. The van der Waals surface area contributed by atoms with E-state index in [9.17, 15) is 19.2 Å². The van der Waals surface area contributed by atoms with Gasteiger partial charge in [-0.05, 0) is 55.1 Å². The van der Waals surface area contributed by atoms with E-state index in [0.717, 1.165) is 0 Å². The number of hydrogen-bond donors (Lipinski definition) is 4. The molecule has 4 rings (SSSR count). The molecule has 3 heterocycles. The molecule has 4 N–H and O–H groups in total. The smallest absolute Gasteiger partial charge is 0.243 e. The zero-order valence-corrected chi connectivity index (χ0v) is 17.1. The van der Waals surface area contributed by atoms with E-state index >= 15 is 0 Å². The molecule has 1 aromatic rings. The highest BCUT2D eigenvalue weighted by Gasteiger charge is 2.64. The van der Waals surface area contributed by atoms with Crippen molar-refractivity contribution in [1.29, 1.82) is 0 Å². The Morgan fingerprint density at radius 3 is 1.52 bits per heavy atom. The van der Waals surface area contributed by atoms with Gasteiger partial charge in [-0.3, -0.25) is 19.2 Å². The van der Waals surface area contributed by atoms with Gasteiger partial charge in [0.1, 0.15) is 10.8 Å². The van der Waals surface area contributed by atoms with Crippen molar-refractivity contribution in [2.24, 2.45) is 10.8 Å². The predicted octanol–water partition coefficient (Wildman–Crippen LogP) is -0.415. The van der Waals surface area contributed by atoms with Crippen molar-refractivity contribution in [3.05, 3.63) is 29.3 Å². The second kappa shape index (κ2) is 6.71. The van der Waals surface area contributed by atoms with Crippen LogP contribution in [0.5, 0.6) is 0 Å². The maximum atomic E-state index is 12.9. The lowest BCUT2D eigenvalue weighted by Gasteiger charge is -2.51.